The van der Waals surface area contributed by atoms with Crippen LogP contribution in [-0.4, -0.2) is 3.21 Å². The van der Waals surface area contributed by atoms with Gasteiger partial charge in [-0.25, -0.2) is 12.2 Å². The van der Waals surface area contributed by atoms with E-state index in [4.69, 9.17) is 0 Å². The van der Waals surface area contributed by atoms with Gasteiger partial charge in [-0.05, 0) is 35.4 Å². The number of fused-ring (bicyclic) bond motifs is 3. The van der Waals surface area contributed by atoms with Gasteiger partial charge < -0.3 is 24.8 Å². The second-order valence-corrected chi connectivity index (χ2v) is 18.0. The first-order valence-electron chi connectivity index (χ1n) is 17.8. The van der Waals surface area contributed by atoms with E-state index in [9.17, 15) is 0 Å². The minimum atomic E-state index is 0. The van der Waals surface area contributed by atoms with Crippen LogP contribution in [0, 0.1) is 37.8 Å². The monoisotopic (exact) mass is 736 g/mol. The van der Waals surface area contributed by atoms with Crippen LogP contribution in [-0.2, 0) is 41.5 Å². The summed E-state index contributed by atoms with van der Waals surface area (Å²) in [5.74, 6) is 2.15. The maximum atomic E-state index is 3.69. The SMILES string of the molecule is Cc1[c-]c2c(cc1C(C)(C)C)-c1cc(C(C)(C)C)c(C)cc1C2.[C-]1=CC=CC1.[Cl-].[Cl-].[Zr+2]=[C](CC1CCCCC1)CC1CCCCC1. The summed E-state index contributed by atoms with van der Waals surface area (Å²) in [7, 11) is 0. The fourth-order valence-corrected chi connectivity index (χ4v) is 9.34. The van der Waals surface area contributed by atoms with E-state index < -0.39 is 0 Å². The molecule has 4 aliphatic rings. The summed E-state index contributed by atoms with van der Waals surface area (Å²) >= 11 is 1.75. The summed E-state index contributed by atoms with van der Waals surface area (Å²) in [6.07, 6.45) is 29.2. The third kappa shape index (κ3) is 12.0. The Morgan fingerprint density at radius 2 is 1.26 bits per heavy atom. The van der Waals surface area contributed by atoms with Gasteiger partial charge >= 0.3 is 116 Å². The average molecular weight is 739 g/mol. The van der Waals surface area contributed by atoms with E-state index in [1.165, 1.54) is 122 Å². The Labute approximate surface area is 311 Å². The summed E-state index contributed by atoms with van der Waals surface area (Å²) in [5, 5.41) is 0. The van der Waals surface area contributed by atoms with E-state index in [1.807, 2.05) is 15.4 Å². The molecule has 0 saturated heterocycles. The van der Waals surface area contributed by atoms with E-state index in [0.717, 1.165) is 24.7 Å². The van der Waals surface area contributed by atoms with Crippen LogP contribution < -0.4 is 24.8 Å². The van der Waals surface area contributed by atoms with Crippen LogP contribution in [0.25, 0.3) is 11.1 Å². The Balaban J connectivity index is 0.000000278. The topological polar surface area (TPSA) is 0 Å². The molecule has 6 rings (SSSR count). The van der Waals surface area contributed by atoms with Gasteiger partial charge in [0, 0.05) is 0 Å². The molecule has 252 valence electrons. The number of benzene rings is 2. The van der Waals surface area contributed by atoms with Crippen molar-refractivity contribution >= 4 is 3.21 Å². The predicted molar refractivity (Wildman–Crippen MR) is 189 cm³/mol. The first-order chi connectivity index (χ1) is 20.8. The summed E-state index contributed by atoms with van der Waals surface area (Å²) in [6, 6.07) is 10.9. The third-order valence-electron chi connectivity index (χ3n) is 10.2. The number of hydrogen-bond donors (Lipinski definition) is 0. The second-order valence-electron chi connectivity index (χ2n) is 16.2. The van der Waals surface area contributed by atoms with Crippen molar-refractivity contribution in [3.63, 3.8) is 0 Å². The van der Waals surface area contributed by atoms with Gasteiger partial charge in [-0.2, -0.15) is 23.8 Å². The standard InChI is InChI=1S/C23H29.C15H26.C5H5.2ClH.Zr/c1-14-9-16-11-17-10-15(2)21(23(6,7)8)13-19(17)18(16)12-20(14)22(3,4)5;1-3-8-14(9-4-1)12-7-13-15-10-5-2-6-11-15;1-2-4-5-3-1;;;/h9,12-13H,11H2,1-8H3;14-15H,1-6,8-13H2;1-3H,4H2;2*1H;/q-1;;-1;;;+2/p-2. The molecule has 3 heteroatoms. The van der Waals surface area contributed by atoms with Crippen molar-refractivity contribution in [1.82, 2.24) is 0 Å². The minimum absolute atomic E-state index is 0. The fourth-order valence-electron chi connectivity index (χ4n) is 7.93. The van der Waals surface area contributed by atoms with E-state index >= 15 is 0 Å². The molecule has 46 heavy (non-hydrogen) atoms. The van der Waals surface area contributed by atoms with Crippen LogP contribution in [0.15, 0.2) is 36.4 Å². The van der Waals surface area contributed by atoms with Crippen LogP contribution in [0.1, 0.15) is 158 Å². The predicted octanol–water partition coefficient (Wildman–Crippen LogP) is 6.23. The molecule has 2 fully saturated rings. The number of aryl methyl sites for hydroxylation is 2. The summed E-state index contributed by atoms with van der Waals surface area (Å²) in [5.41, 5.74) is 11.6. The Bertz CT molecular complexity index is 1220. The average Bonchev–Trinajstić information content (AvgIpc) is 3.64. The van der Waals surface area contributed by atoms with E-state index in [2.05, 4.69) is 91.8 Å². The van der Waals surface area contributed by atoms with Crippen molar-refractivity contribution in [3.05, 3.63) is 82.0 Å². The molecule has 0 bridgehead atoms. The zero-order valence-electron chi connectivity index (χ0n) is 30.3. The Morgan fingerprint density at radius 1 is 0.739 bits per heavy atom. The van der Waals surface area contributed by atoms with Gasteiger partial charge in [0.15, 0.2) is 0 Å². The fraction of sp³-hybridized carbons (Fsp3) is 0.605. The van der Waals surface area contributed by atoms with Gasteiger partial charge in [-0.3, -0.25) is 6.08 Å². The molecule has 4 aliphatic carbocycles. The summed E-state index contributed by atoms with van der Waals surface area (Å²) in [4.78, 5) is 0. The Hall–Kier alpha value is -0.747. The van der Waals surface area contributed by atoms with Gasteiger partial charge in [-0.15, -0.1) is 23.1 Å². The molecule has 0 amide bonds. The molecule has 0 spiro atoms. The number of hydrogen-bond acceptors (Lipinski definition) is 0. The maximum absolute atomic E-state index is 3.69. The zero-order valence-corrected chi connectivity index (χ0v) is 34.2. The van der Waals surface area contributed by atoms with Crippen molar-refractivity contribution in [1.29, 1.82) is 0 Å². The van der Waals surface area contributed by atoms with Crippen LogP contribution in [0.2, 0.25) is 0 Å². The molecule has 0 aliphatic heterocycles. The molecule has 0 aromatic heterocycles. The Morgan fingerprint density at radius 3 is 1.70 bits per heavy atom. The van der Waals surface area contributed by atoms with Crippen molar-refractivity contribution in [2.24, 2.45) is 11.8 Å². The quantitative estimate of drug-likeness (QED) is 0.279. The van der Waals surface area contributed by atoms with Crippen molar-refractivity contribution in [3.8, 4) is 11.1 Å². The molecule has 2 saturated carbocycles. The zero-order chi connectivity index (χ0) is 31.9. The summed E-state index contributed by atoms with van der Waals surface area (Å²) in [6.45, 7) is 18.2. The van der Waals surface area contributed by atoms with Gasteiger partial charge in [0.05, 0.1) is 0 Å². The van der Waals surface area contributed by atoms with Crippen molar-refractivity contribution in [2.45, 2.75) is 156 Å². The van der Waals surface area contributed by atoms with E-state index in [0.29, 0.717) is 0 Å². The van der Waals surface area contributed by atoms with E-state index in [-0.39, 0.29) is 35.6 Å². The first kappa shape index (κ1) is 41.4. The normalized spacial score (nSPS) is 17.4. The number of halogens is 2. The van der Waals surface area contributed by atoms with Crippen LogP contribution >= 0.6 is 0 Å². The second kappa shape index (κ2) is 18.9. The molecule has 0 N–H and O–H groups in total. The van der Waals surface area contributed by atoms with Gasteiger partial charge in [0.2, 0.25) is 0 Å². The first-order valence-corrected chi connectivity index (χ1v) is 19.0. The molecule has 0 atom stereocenters. The molecule has 2 aromatic carbocycles. The summed E-state index contributed by atoms with van der Waals surface area (Å²) < 4.78 is 1.91. The van der Waals surface area contributed by atoms with Gasteiger partial charge in [0.25, 0.3) is 0 Å². The van der Waals surface area contributed by atoms with Crippen LogP contribution in [0.4, 0.5) is 0 Å². The van der Waals surface area contributed by atoms with Crippen LogP contribution in [0.5, 0.6) is 0 Å². The Kier molecular flexibility index (Phi) is 17.0. The molecule has 0 heterocycles. The number of allylic oxidation sites excluding steroid dienone is 4. The molecular formula is C43H60Cl2Zr-2. The molecule has 0 radical (unpaired) electrons. The molecule has 0 unspecified atom stereocenters. The molecular weight excluding hydrogens is 679 g/mol. The van der Waals surface area contributed by atoms with Gasteiger partial charge in [-0.1, -0.05) is 71.6 Å². The number of rotatable bonds is 4. The van der Waals surface area contributed by atoms with Crippen LogP contribution in [0.3, 0.4) is 0 Å². The van der Waals surface area contributed by atoms with E-state index in [1.54, 1.807) is 24.2 Å². The van der Waals surface area contributed by atoms with Crippen molar-refractivity contribution in [2.75, 3.05) is 0 Å². The molecule has 0 nitrogen and oxygen atoms in total. The third-order valence-corrected chi connectivity index (χ3v) is 11.2. The van der Waals surface area contributed by atoms with Gasteiger partial charge in [0.1, 0.15) is 0 Å². The molecule has 2 aromatic rings. The van der Waals surface area contributed by atoms with Crippen molar-refractivity contribution < 1.29 is 49.0 Å².